The maximum atomic E-state index is 12.3. The fraction of sp³-hybridized carbons (Fsp3) is 0.350. The Labute approximate surface area is 142 Å². The van der Waals surface area contributed by atoms with Crippen LogP contribution in [-0.4, -0.2) is 22.8 Å². The zero-order chi connectivity index (χ0) is 17.9. The molecule has 1 aromatic carbocycles. The van der Waals surface area contributed by atoms with Crippen LogP contribution in [0.25, 0.3) is 11.1 Å². The van der Waals surface area contributed by atoms with Gasteiger partial charge in [0.2, 0.25) is 0 Å². The van der Waals surface area contributed by atoms with E-state index in [1.807, 2.05) is 44.2 Å². The number of aryl methyl sites for hydroxylation is 2. The molecule has 0 radical (unpaired) electrons. The highest BCUT2D eigenvalue weighted by molar-refractivity contribution is 5.94. The zero-order valence-electron chi connectivity index (χ0n) is 14.8. The van der Waals surface area contributed by atoms with Gasteiger partial charge in [0.25, 0.3) is 0 Å². The van der Waals surface area contributed by atoms with Gasteiger partial charge in [0.1, 0.15) is 17.8 Å². The molecule has 0 aliphatic carbocycles. The zero-order valence-corrected chi connectivity index (χ0v) is 14.8. The van der Waals surface area contributed by atoms with Crippen molar-refractivity contribution in [1.82, 2.24) is 4.98 Å². The Hall–Kier alpha value is -2.49. The molecule has 24 heavy (non-hydrogen) atoms. The summed E-state index contributed by atoms with van der Waals surface area (Å²) in [5.74, 6) is -1.45. The molecule has 1 unspecified atom stereocenters. The molecule has 0 aliphatic rings. The number of carbonyl (C=O) groups excluding carboxylic acids is 2. The van der Waals surface area contributed by atoms with Crippen LogP contribution in [0.5, 0.6) is 0 Å². The maximum absolute atomic E-state index is 12.3. The van der Waals surface area contributed by atoms with Crippen LogP contribution in [0.15, 0.2) is 36.4 Å². The van der Waals surface area contributed by atoms with Gasteiger partial charge in [0, 0.05) is 11.4 Å². The average Bonchev–Trinajstić information content (AvgIpc) is 2.45. The van der Waals surface area contributed by atoms with E-state index >= 15 is 0 Å². The minimum absolute atomic E-state index is 0.531. The molecule has 1 aromatic heterocycles. The molecular formula is C20H23NO3. The predicted octanol–water partition coefficient (Wildman–Crippen LogP) is 3.99. The largest absolute Gasteiger partial charge is 0.459 e. The molecule has 1 atom stereocenters. The highest BCUT2D eigenvalue weighted by atomic mass is 16.6. The monoisotopic (exact) mass is 325 g/mol. The second kappa shape index (κ2) is 6.95. The van der Waals surface area contributed by atoms with E-state index in [0.717, 1.165) is 22.5 Å². The number of carbonyl (C=O) groups is 2. The lowest BCUT2D eigenvalue weighted by Crippen LogP contribution is -2.28. The second-order valence-electron chi connectivity index (χ2n) is 6.91. The molecule has 2 aromatic rings. The molecule has 0 N–H and O–H groups in total. The normalized spacial score (nSPS) is 12.5. The molecule has 0 bridgehead atoms. The number of hydrogen-bond donors (Lipinski definition) is 0. The fourth-order valence-electron chi connectivity index (χ4n) is 2.55. The Morgan fingerprint density at radius 3 is 2.25 bits per heavy atom. The first-order chi connectivity index (χ1) is 11.2. The van der Waals surface area contributed by atoms with Crippen LogP contribution in [0.4, 0.5) is 0 Å². The van der Waals surface area contributed by atoms with Gasteiger partial charge in [-0.15, -0.1) is 0 Å². The van der Waals surface area contributed by atoms with Gasteiger partial charge >= 0.3 is 5.97 Å². The van der Waals surface area contributed by atoms with E-state index in [2.05, 4.69) is 4.98 Å². The molecule has 0 saturated heterocycles. The number of nitrogens with zero attached hydrogens (tertiary/aromatic N) is 1. The molecular weight excluding hydrogens is 302 g/mol. The van der Waals surface area contributed by atoms with Crippen LogP contribution >= 0.6 is 0 Å². The van der Waals surface area contributed by atoms with Gasteiger partial charge in [-0.25, -0.2) is 0 Å². The number of benzene rings is 1. The third kappa shape index (κ3) is 4.51. The lowest BCUT2D eigenvalue weighted by atomic mass is 9.95. The number of pyridine rings is 1. The van der Waals surface area contributed by atoms with Crippen molar-refractivity contribution >= 4 is 12.3 Å². The highest BCUT2D eigenvalue weighted by Gasteiger charge is 2.26. The molecule has 2 rings (SSSR count). The summed E-state index contributed by atoms with van der Waals surface area (Å²) in [7, 11) is 0. The van der Waals surface area contributed by atoms with Crippen molar-refractivity contribution in [2.24, 2.45) is 0 Å². The van der Waals surface area contributed by atoms with Gasteiger partial charge in [-0.3, -0.25) is 9.78 Å². The molecule has 0 saturated carbocycles. The summed E-state index contributed by atoms with van der Waals surface area (Å²) in [6, 6.07) is 11.4. The number of esters is 1. The molecule has 0 amide bonds. The summed E-state index contributed by atoms with van der Waals surface area (Å²) in [6.07, 6.45) is 0.635. The fourth-order valence-corrected chi connectivity index (χ4v) is 2.55. The second-order valence-corrected chi connectivity index (χ2v) is 6.91. The summed E-state index contributed by atoms with van der Waals surface area (Å²) in [5, 5.41) is 0. The number of aldehydes is 1. The summed E-state index contributed by atoms with van der Waals surface area (Å²) >= 11 is 0. The predicted molar refractivity (Wildman–Crippen MR) is 93.8 cm³/mol. The molecule has 4 nitrogen and oxygen atoms in total. The maximum Gasteiger partial charge on any atom is 0.321 e. The number of aromatic nitrogens is 1. The lowest BCUT2D eigenvalue weighted by Gasteiger charge is -2.22. The van der Waals surface area contributed by atoms with Gasteiger partial charge in [-0.2, -0.15) is 0 Å². The van der Waals surface area contributed by atoms with Crippen LogP contribution in [0.1, 0.15) is 43.6 Å². The van der Waals surface area contributed by atoms with Crippen LogP contribution in [-0.2, 0) is 14.3 Å². The van der Waals surface area contributed by atoms with Crippen molar-refractivity contribution in [3.63, 3.8) is 0 Å². The topological polar surface area (TPSA) is 56.3 Å². The average molecular weight is 325 g/mol. The van der Waals surface area contributed by atoms with Crippen molar-refractivity contribution < 1.29 is 14.3 Å². The Bertz CT molecular complexity index is 739. The van der Waals surface area contributed by atoms with E-state index in [4.69, 9.17) is 4.74 Å². The lowest BCUT2D eigenvalue weighted by molar-refractivity contribution is -0.157. The smallest absolute Gasteiger partial charge is 0.321 e. The van der Waals surface area contributed by atoms with Crippen LogP contribution < -0.4 is 0 Å². The minimum Gasteiger partial charge on any atom is -0.459 e. The number of ether oxygens (including phenoxy) is 1. The van der Waals surface area contributed by atoms with Crippen LogP contribution in [0.2, 0.25) is 0 Å². The van der Waals surface area contributed by atoms with Crippen LogP contribution in [0, 0.1) is 13.8 Å². The highest BCUT2D eigenvalue weighted by Crippen LogP contribution is 2.26. The van der Waals surface area contributed by atoms with Crippen molar-refractivity contribution in [3.8, 4) is 11.1 Å². The van der Waals surface area contributed by atoms with Gasteiger partial charge < -0.3 is 9.53 Å². The summed E-state index contributed by atoms with van der Waals surface area (Å²) in [5.41, 5.74) is 3.80. The first kappa shape index (κ1) is 17.9. The Balaban J connectivity index is 2.38. The molecule has 0 spiro atoms. The van der Waals surface area contributed by atoms with Crippen molar-refractivity contribution in [3.05, 3.63) is 53.3 Å². The van der Waals surface area contributed by atoms with E-state index in [9.17, 15) is 9.59 Å². The SMILES string of the molecule is Cc1cc(-c2cccc(C(C=O)C(=O)OC(C)(C)C)c2)cc(C)n1. The molecule has 1 heterocycles. The van der Waals surface area contributed by atoms with E-state index in [1.54, 1.807) is 26.8 Å². The quantitative estimate of drug-likeness (QED) is 0.484. The van der Waals surface area contributed by atoms with Gasteiger partial charge in [-0.1, -0.05) is 18.2 Å². The van der Waals surface area contributed by atoms with E-state index in [1.165, 1.54) is 0 Å². The van der Waals surface area contributed by atoms with Gasteiger partial charge in [0.15, 0.2) is 0 Å². The summed E-state index contributed by atoms with van der Waals surface area (Å²) in [6.45, 7) is 9.23. The van der Waals surface area contributed by atoms with Gasteiger partial charge in [0.05, 0.1) is 0 Å². The van der Waals surface area contributed by atoms with E-state index in [0.29, 0.717) is 11.8 Å². The van der Waals surface area contributed by atoms with Crippen molar-refractivity contribution in [2.45, 2.75) is 46.1 Å². The Morgan fingerprint density at radius 1 is 1.08 bits per heavy atom. The molecule has 4 heteroatoms. The first-order valence-electron chi connectivity index (χ1n) is 7.93. The van der Waals surface area contributed by atoms with Crippen molar-refractivity contribution in [1.29, 1.82) is 0 Å². The number of rotatable bonds is 4. The molecule has 126 valence electrons. The summed E-state index contributed by atoms with van der Waals surface area (Å²) < 4.78 is 5.35. The van der Waals surface area contributed by atoms with E-state index in [-0.39, 0.29) is 0 Å². The summed E-state index contributed by atoms with van der Waals surface area (Å²) in [4.78, 5) is 28.1. The van der Waals surface area contributed by atoms with E-state index < -0.39 is 17.5 Å². The minimum atomic E-state index is -0.923. The van der Waals surface area contributed by atoms with Crippen LogP contribution in [0.3, 0.4) is 0 Å². The third-order valence-corrected chi connectivity index (χ3v) is 3.46. The Morgan fingerprint density at radius 2 is 1.71 bits per heavy atom. The molecule has 0 aliphatic heterocycles. The first-order valence-corrected chi connectivity index (χ1v) is 7.93. The standard InChI is InChI=1S/C20H23NO3/c1-13-9-17(10-14(2)21-13)15-7-6-8-16(11-15)18(12-22)19(23)24-20(3,4)5/h6-12,18H,1-5H3. The van der Waals surface area contributed by atoms with Gasteiger partial charge in [-0.05, 0) is 69.5 Å². The Kier molecular flexibility index (Phi) is 5.17. The van der Waals surface area contributed by atoms with Crippen molar-refractivity contribution in [2.75, 3.05) is 0 Å². The third-order valence-electron chi connectivity index (χ3n) is 3.46. The number of hydrogen-bond acceptors (Lipinski definition) is 4. The molecule has 0 fully saturated rings.